The number of hydrogen-bond donors (Lipinski definition) is 0. The van der Waals surface area contributed by atoms with Gasteiger partial charge in [0.25, 0.3) is 0 Å². The van der Waals surface area contributed by atoms with Crippen molar-refractivity contribution >= 4 is 0 Å². The summed E-state index contributed by atoms with van der Waals surface area (Å²) in [4.78, 5) is 0. The molecule has 0 N–H and O–H groups in total. The third kappa shape index (κ3) is 1.90. The lowest BCUT2D eigenvalue weighted by molar-refractivity contribution is -0.351. The summed E-state index contributed by atoms with van der Waals surface area (Å²) in [6, 6.07) is 0. The van der Waals surface area contributed by atoms with Gasteiger partial charge < -0.3 is 4.74 Å². The van der Waals surface area contributed by atoms with Crippen LogP contribution < -0.4 is 0 Å². The summed E-state index contributed by atoms with van der Waals surface area (Å²) in [5.41, 5.74) is 0. The van der Waals surface area contributed by atoms with Gasteiger partial charge in [0.15, 0.2) is 6.67 Å². The molecular formula is C6H8F6O. The van der Waals surface area contributed by atoms with Crippen LogP contribution in [0.25, 0.3) is 0 Å². The summed E-state index contributed by atoms with van der Waals surface area (Å²) in [7, 11) is 0.320. The Morgan fingerprint density at radius 1 is 1.08 bits per heavy atom. The predicted molar refractivity (Wildman–Crippen MR) is 32.4 cm³/mol. The van der Waals surface area contributed by atoms with Crippen LogP contribution in [0.1, 0.15) is 6.92 Å². The van der Waals surface area contributed by atoms with Gasteiger partial charge in [0.1, 0.15) is 0 Å². The van der Waals surface area contributed by atoms with Crippen LogP contribution in [0.4, 0.5) is 26.3 Å². The summed E-state index contributed by atoms with van der Waals surface area (Å²) in [6.07, 6.45) is 0. The molecule has 0 amide bonds. The highest BCUT2D eigenvalue weighted by Crippen LogP contribution is 2.44. The normalized spacial score (nSPS) is 18.5. The highest BCUT2D eigenvalue weighted by atomic mass is 19.3. The predicted octanol–water partition coefficient (Wildman–Crippen LogP) is 2.56. The first kappa shape index (κ1) is 12.5. The zero-order chi connectivity index (χ0) is 10.9. The summed E-state index contributed by atoms with van der Waals surface area (Å²) in [5.74, 6) is -14.0. The van der Waals surface area contributed by atoms with Crippen LogP contribution in [0, 0.1) is 0 Å². The maximum absolute atomic E-state index is 12.8. The van der Waals surface area contributed by atoms with Gasteiger partial charge in [-0.1, -0.05) is 0 Å². The average molecular weight is 210 g/mol. The second-order valence-corrected chi connectivity index (χ2v) is 2.53. The minimum absolute atomic E-state index is 0.111. The third-order valence-corrected chi connectivity index (χ3v) is 1.48. The molecule has 0 fully saturated rings. The van der Waals surface area contributed by atoms with E-state index in [0.29, 0.717) is 7.11 Å². The lowest BCUT2D eigenvalue weighted by atomic mass is 10.1. The first-order valence-electron chi connectivity index (χ1n) is 3.18. The Morgan fingerprint density at radius 2 is 1.46 bits per heavy atom. The molecule has 0 rings (SSSR count). The average Bonchev–Trinajstić information content (AvgIpc) is 2.00. The van der Waals surface area contributed by atoms with E-state index in [-0.39, 0.29) is 6.92 Å². The standard InChI is InChI=1S/C6H8F6O/c1-4(8,9)6(12,13-2)5(10,11)3-7/h3H2,1-2H3. The van der Waals surface area contributed by atoms with Gasteiger partial charge in [0.2, 0.25) is 0 Å². The highest BCUT2D eigenvalue weighted by molar-refractivity contribution is 4.94. The third-order valence-electron chi connectivity index (χ3n) is 1.48. The van der Waals surface area contributed by atoms with Crippen molar-refractivity contribution in [1.29, 1.82) is 0 Å². The van der Waals surface area contributed by atoms with E-state index in [4.69, 9.17) is 0 Å². The van der Waals surface area contributed by atoms with E-state index in [1.54, 1.807) is 0 Å². The molecule has 0 aromatic heterocycles. The van der Waals surface area contributed by atoms with Gasteiger partial charge in [-0.05, 0) is 0 Å². The summed E-state index contributed by atoms with van der Waals surface area (Å²) < 4.78 is 77.1. The SMILES string of the molecule is COC(F)(C(C)(F)F)C(F)(F)CF. The number of ether oxygens (including phenoxy) is 1. The van der Waals surface area contributed by atoms with E-state index in [2.05, 4.69) is 4.74 Å². The van der Waals surface area contributed by atoms with Crippen molar-refractivity contribution in [2.45, 2.75) is 24.6 Å². The quantitative estimate of drug-likeness (QED) is 0.648. The van der Waals surface area contributed by atoms with E-state index in [9.17, 15) is 26.3 Å². The maximum atomic E-state index is 12.8. The lowest BCUT2D eigenvalue weighted by Gasteiger charge is -2.34. The fourth-order valence-electron chi connectivity index (χ4n) is 0.736. The van der Waals surface area contributed by atoms with E-state index < -0.39 is 24.4 Å². The van der Waals surface area contributed by atoms with Gasteiger partial charge in [0.05, 0.1) is 0 Å². The van der Waals surface area contributed by atoms with Gasteiger partial charge in [-0.15, -0.1) is 0 Å². The molecule has 0 bridgehead atoms. The molecule has 0 spiro atoms. The smallest absolute Gasteiger partial charge is 0.339 e. The molecule has 1 atom stereocenters. The van der Waals surface area contributed by atoms with Gasteiger partial charge in [0, 0.05) is 14.0 Å². The van der Waals surface area contributed by atoms with Crippen molar-refractivity contribution < 1.29 is 31.1 Å². The van der Waals surface area contributed by atoms with Crippen molar-refractivity contribution in [3.63, 3.8) is 0 Å². The van der Waals surface area contributed by atoms with Crippen molar-refractivity contribution in [3.05, 3.63) is 0 Å². The van der Waals surface area contributed by atoms with Crippen molar-refractivity contribution in [2.24, 2.45) is 0 Å². The Kier molecular flexibility index (Phi) is 3.24. The van der Waals surface area contributed by atoms with Gasteiger partial charge in [-0.3, -0.25) is 0 Å². The maximum Gasteiger partial charge on any atom is 0.339 e. The van der Waals surface area contributed by atoms with Crippen LogP contribution in [0.3, 0.4) is 0 Å². The molecule has 0 saturated carbocycles. The minimum Gasteiger partial charge on any atom is -0.340 e. The lowest BCUT2D eigenvalue weighted by Crippen LogP contribution is -2.58. The second-order valence-electron chi connectivity index (χ2n) is 2.53. The molecule has 0 aromatic rings. The fraction of sp³-hybridized carbons (Fsp3) is 1.00. The Hall–Kier alpha value is -0.460. The molecule has 1 nitrogen and oxygen atoms in total. The molecule has 1 unspecified atom stereocenters. The van der Waals surface area contributed by atoms with Crippen molar-refractivity contribution in [1.82, 2.24) is 0 Å². The molecule has 0 aliphatic heterocycles. The Morgan fingerprint density at radius 3 is 1.54 bits per heavy atom. The zero-order valence-electron chi connectivity index (χ0n) is 6.88. The van der Waals surface area contributed by atoms with E-state index in [1.165, 1.54) is 0 Å². The van der Waals surface area contributed by atoms with Crippen LogP contribution in [0.5, 0.6) is 0 Å². The largest absolute Gasteiger partial charge is 0.340 e. The van der Waals surface area contributed by atoms with Crippen molar-refractivity contribution in [2.75, 3.05) is 13.8 Å². The summed E-state index contributed by atoms with van der Waals surface area (Å²) in [6.45, 7) is -2.67. The molecular weight excluding hydrogens is 202 g/mol. The van der Waals surface area contributed by atoms with Crippen LogP contribution in [0.2, 0.25) is 0 Å². The van der Waals surface area contributed by atoms with Gasteiger partial charge in [-0.25, -0.2) is 13.2 Å². The number of rotatable bonds is 4. The molecule has 13 heavy (non-hydrogen) atoms. The fourth-order valence-corrected chi connectivity index (χ4v) is 0.736. The van der Waals surface area contributed by atoms with Crippen LogP contribution in [-0.4, -0.2) is 31.5 Å². The monoisotopic (exact) mass is 210 g/mol. The number of methoxy groups -OCH3 is 1. The molecule has 0 heterocycles. The Labute approximate surface area is 70.7 Å². The first-order valence-corrected chi connectivity index (χ1v) is 3.18. The van der Waals surface area contributed by atoms with Crippen LogP contribution in [0.15, 0.2) is 0 Å². The number of halogens is 6. The Balaban J connectivity index is 5.06. The summed E-state index contributed by atoms with van der Waals surface area (Å²) >= 11 is 0. The molecule has 0 radical (unpaired) electrons. The molecule has 0 aromatic carbocycles. The first-order chi connectivity index (χ1) is 5.62. The highest BCUT2D eigenvalue weighted by Gasteiger charge is 2.68. The zero-order valence-corrected chi connectivity index (χ0v) is 6.88. The van der Waals surface area contributed by atoms with Crippen LogP contribution in [-0.2, 0) is 4.74 Å². The van der Waals surface area contributed by atoms with Gasteiger partial charge in [-0.2, -0.15) is 13.2 Å². The number of hydrogen-bond acceptors (Lipinski definition) is 1. The summed E-state index contributed by atoms with van der Waals surface area (Å²) in [5, 5.41) is 0. The van der Waals surface area contributed by atoms with Gasteiger partial charge >= 0.3 is 17.7 Å². The molecule has 0 aliphatic carbocycles. The minimum atomic E-state index is -4.88. The van der Waals surface area contributed by atoms with E-state index >= 15 is 0 Å². The molecule has 80 valence electrons. The Bertz CT molecular complexity index is 176. The topological polar surface area (TPSA) is 9.23 Å². The molecule has 7 heteroatoms. The molecule has 0 aliphatic rings. The van der Waals surface area contributed by atoms with Crippen LogP contribution >= 0.6 is 0 Å². The van der Waals surface area contributed by atoms with Crippen molar-refractivity contribution in [3.8, 4) is 0 Å². The molecule has 0 saturated heterocycles. The number of alkyl halides is 6. The second kappa shape index (κ2) is 3.36. The van der Waals surface area contributed by atoms with E-state index in [0.717, 1.165) is 0 Å². The van der Waals surface area contributed by atoms with E-state index in [1.807, 2.05) is 0 Å².